The number of rotatable bonds is 8. The van der Waals surface area contributed by atoms with Crippen molar-refractivity contribution in [2.45, 2.75) is 64.4 Å². The number of hydrogen-bond acceptors (Lipinski definition) is 7. The Balaban J connectivity index is 1.80. The molecule has 0 aromatic heterocycles. The molecule has 2 aromatic carbocycles. The zero-order valence-corrected chi connectivity index (χ0v) is 21.2. The number of hydrogen-bond donors (Lipinski definition) is 1. The molecule has 1 aliphatic rings. The molecule has 1 aliphatic heterocycles. The van der Waals surface area contributed by atoms with E-state index in [1.807, 2.05) is 86.3 Å². The van der Waals surface area contributed by atoms with Crippen LogP contribution in [0.1, 0.15) is 44.7 Å². The lowest BCUT2D eigenvalue weighted by molar-refractivity contribution is -0.160. The van der Waals surface area contributed by atoms with Gasteiger partial charge in [0.05, 0.1) is 7.11 Å². The molecule has 1 fully saturated rings. The monoisotopic (exact) mass is 494 g/mol. The fourth-order valence-electron chi connectivity index (χ4n) is 4.05. The number of amides is 1. The van der Waals surface area contributed by atoms with Crippen LogP contribution < -0.4 is 5.32 Å². The quantitative estimate of drug-likeness (QED) is 0.331. The molecule has 0 spiro atoms. The highest BCUT2D eigenvalue weighted by Crippen LogP contribution is 2.30. The van der Waals surface area contributed by atoms with Gasteiger partial charge in [0.2, 0.25) is 0 Å². The normalized spacial score (nSPS) is 18.4. The average Bonchev–Trinajstić information content (AvgIpc) is 3.24. The van der Waals surface area contributed by atoms with Gasteiger partial charge in [-0.3, -0.25) is 15.0 Å². The molecular weight excluding hydrogens is 460 g/mol. The zero-order valence-electron chi connectivity index (χ0n) is 21.2. The van der Waals surface area contributed by atoms with Gasteiger partial charge in [0, 0.05) is 12.6 Å². The minimum absolute atomic E-state index is 0.0385. The third-order valence-electron chi connectivity index (χ3n) is 5.66. The van der Waals surface area contributed by atoms with Crippen LogP contribution in [0.2, 0.25) is 0 Å². The van der Waals surface area contributed by atoms with Gasteiger partial charge in [-0.2, -0.15) is 0 Å². The van der Waals surface area contributed by atoms with E-state index in [0.717, 1.165) is 11.1 Å². The molecule has 2 aromatic rings. The lowest BCUT2D eigenvalue weighted by Crippen LogP contribution is -2.43. The standard InChI is InChI=1S/C28H34N2O6/c1-28(2,3)36-26(32)24-16-15-22(30(24)18-20-11-7-5-8-12-20)17-23(25(31)34-4)29-27(33)35-19-21-13-9-6-10-14-21/h5-14,17,22,24H,15-16,18-19H2,1-4H3,(H,29,33)/b23-17-/t22-,24+/m1/s1. The van der Waals surface area contributed by atoms with Gasteiger partial charge in [0.15, 0.2) is 0 Å². The van der Waals surface area contributed by atoms with Crippen LogP contribution in [-0.2, 0) is 37.0 Å². The number of carbonyl (C=O) groups is 3. The van der Waals surface area contributed by atoms with E-state index >= 15 is 0 Å². The van der Waals surface area contributed by atoms with Crippen molar-refractivity contribution < 1.29 is 28.6 Å². The maximum Gasteiger partial charge on any atom is 0.412 e. The molecule has 0 bridgehead atoms. The lowest BCUT2D eigenvalue weighted by atomic mass is 10.1. The minimum atomic E-state index is -0.771. The Morgan fingerprint density at radius 3 is 2.17 bits per heavy atom. The zero-order chi connectivity index (χ0) is 26.1. The van der Waals surface area contributed by atoms with Crippen LogP contribution in [-0.4, -0.2) is 47.7 Å². The number of alkyl carbamates (subject to hydrolysis) is 1. The molecular formula is C28H34N2O6. The highest BCUT2D eigenvalue weighted by atomic mass is 16.6. The van der Waals surface area contributed by atoms with E-state index in [-0.39, 0.29) is 24.3 Å². The number of benzene rings is 2. The van der Waals surface area contributed by atoms with Gasteiger partial charge < -0.3 is 14.2 Å². The van der Waals surface area contributed by atoms with E-state index in [0.29, 0.717) is 19.4 Å². The van der Waals surface area contributed by atoms with Gasteiger partial charge in [0.1, 0.15) is 23.9 Å². The summed E-state index contributed by atoms with van der Waals surface area (Å²) >= 11 is 0. The average molecular weight is 495 g/mol. The number of carbonyl (C=O) groups excluding carboxylic acids is 3. The fraction of sp³-hybridized carbons (Fsp3) is 0.393. The molecule has 0 aliphatic carbocycles. The van der Waals surface area contributed by atoms with Crippen molar-refractivity contribution in [3.63, 3.8) is 0 Å². The summed E-state index contributed by atoms with van der Waals surface area (Å²) in [6.45, 7) is 6.03. The second kappa shape index (κ2) is 12.4. The Hall–Kier alpha value is -3.65. The molecule has 1 N–H and O–H groups in total. The van der Waals surface area contributed by atoms with E-state index in [9.17, 15) is 14.4 Å². The van der Waals surface area contributed by atoms with Gasteiger partial charge in [-0.1, -0.05) is 60.7 Å². The van der Waals surface area contributed by atoms with Crippen LogP contribution in [0.25, 0.3) is 0 Å². The predicted molar refractivity (Wildman–Crippen MR) is 135 cm³/mol. The van der Waals surface area contributed by atoms with Crippen molar-refractivity contribution in [2.24, 2.45) is 0 Å². The van der Waals surface area contributed by atoms with E-state index in [2.05, 4.69) is 5.32 Å². The summed E-state index contributed by atoms with van der Waals surface area (Å²) < 4.78 is 15.8. The first-order chi connectivity index (χ1) is 17.2. The summed E-state index contributed by atoms with van der Waals surface area (Å²) in [7, 11) is 1.24. The highest BCUT2D eigenvalue weighted by molar-refractivity contribution is 5.92. The molecule has 1 heterocycles. The van der Waals surface area contributed by atoms with Gasteiger partial charge in [0.25, 0.3) is 0 Å². The second-order valence-corrected chi connectivity index (χ2v) is 9.61. The van der Waals surface area contributed by atoms with Crippen LogP contribution in [0.3, 0.4) is 0 Å². The molecule has 1 amide bonds. The fourth-order valence-corrected chi connectivity index (χ4v) is 4.05. The van der Waals surface area contributed by atoms with Crippen molar-refractivity contribution in [2.75, 3.05) is 7.11 Å². The molecule has 8 heteroatoms. The van der Waals surface area contributed by atoms with Gasteiger partial charge in [-0.05, 0) is 50.8 Å². The molecule has 36 heavy (non-hydrogen) atoms. The largest absolute Gasteiger partial charge is 0.464 e. The van der Waals surface area contributed by atoms with Crippen LogP contribution in [0.15, 0.2) is 72.4 Å². The SMILES string of the molecule is COC(=O)/C(=C/[C@H]1CC[C@@H](C(=O)OC(C)(C)C)N1Cc1ccccc1)NC(=O)OCc1ccccc1. The van der Waals surface area contributed by atoms with Crippen molar-refractivity contribution >= 4 is 18.0 Å². The number of nitrogens with zero attached hydrogens (tertiary/aromatic N) is 1. The summed E-state index contributed by atoms with van der Waals surface area (Å²) in [4.78, 5) is 40.0. The van der Waals surface area contributed by atoms with E-state index < -0.39 is 23.7 Å². The van der Waals surface area contributed by atoms with E-state index in [1.54, 1.807) is 6.08 Å². The third kappa shape index (κ3) is 7.95. The Morgan fingerprint density at radius 1 is 0.972 bits per heavy atom. The molecule has 0 radical (unpaired) electrons. The first-order valence-electron chi connectivity index (χ1n) is 12.0. The van der Waals surface area contributed by atoms with Crippen molar-refractivity contribution in [3.8, 4) is 0 Å². The molecule has 192 valence electrons. The third-order valence-corrected chi connectivity index (χ3v) is 5.66. The topological polar surface area (TPSA) is 94.2 Å². The van der Waals surface area contributed by atoms with Crippen molar-refractivity contribution in [3.05, 3.63) is 83.6 Å². The highest BCUT2D eigenvalue weighted by Gasteiger charge is 2.39. The number of esters is 2. The number of methoxy groups -OCH3 is 1. The van der Waals surface area contributed by atoms with Gasteiger partial charge >= 0.3 is 18.0 Å². The maximum atomic E-state index is 13.0. The Bertz CT molecular complexity index is 1060. The summed E-state index contributed by atoms with van der Waals surface area (Å²) in [5.41, 5.74) is 1.18. The Labute approximate surface area is 212 Å². The molecule has 0 saturated carbocycles. The summed E-state index contributed by atoms with van der Waals surface area (Å²) in [6.07, 6.45) is 2.00. The van der Waals surface area contributed by atoms with Gasteiger partial charge in [-0.15, -0.1) is 0 Å². The summed E-state index contributed by atoms with van der Waals surface area (Å²) in [6, 6.07) is 18.2. The van der Waals surface area contributed by atoms with Crippen LogP contribution >= 0.6 is 0 Å². The molecule has 8 nitrogen and oxygen atoms in total. The van der Waals surface area contributed by atoms with E-state index in [1.165, 1.54) is 7.11 Å². The van der Waals surface area contributed by atoms with Crippen molar-refractivity contribution in [1.29, 1.82) is 0 Å². The van der Waals surface area contributed by atoms with E-state index in [4.69, 9.17) is 14.2 Å². The van der Waals surface area contributed by atoms with Crippen molar-refractivity contribution in [1.82, 2.24) is 10.2 Å². The summed E-state index contributed by atoms with van der Waals surface area (Å²) in [5.74, 6) is -1.02. The Morgan fingerprint density at radius 2 is 1.58 bits per heavy atom. The number of likely N-dealkylation sites (tertiary alicyclic amines) is 1. The number of nitrogens with one attached hydrogen (secondary N) is 1. The minimum Gasteiger partial charge on any atom is -0.464 e. The molecule has 1 saturated heterocycles. The second-order valence-electron chi connectivity index (χ2n) is 9.61. The Kier molecular flexibility index (Phi) is 9.25. The van der Waals surface area contributed by atoms with Gasteiger partial charge in [-0.25, -0.2) is 9.59 Å². The summed E-state index contributed by atoms with van der Waals surface area (Å²) in [5, 5.41) is 2.51. The first-order valence-corrected chi connectivity index (χ1v) is 12.0. The first kappa shape index (κ1) is 26.9. The molecule has 3 rings (SSSR count). The van der Waals surface area contributed by atoms with Crippen LogP contribution in [0.4, 0.5) is 4.79 Å². The maximum absolute atomic E-state index is 13.0. The van der Waals surface area contributed by atoms with Crippen LogP contribution in [0.5, 0.6) is 0 Å². The molecule has 2 atom stereocenters. The smallest absolute Gasteiger partial charge is 0.412 e. The number of ether oxygens (including phenoxy) is 3. The predicted octanol–water partition coefficient (Wildman–Crippen LogP) is 4.34. The lowest BCUT2D eigenvalue weighted by Gasteiger charge is -2.30. The molecule has 0 unspecified atom stereocenters. The van der Waals surface area contributed by atoms with Crippen LogP contribution in [0, 0.1) is 0 Å².